The second kappa shape index (κ2) is 17.0. The van der Waals surface area contributed by atoms with Gasteiger partial charge < -0.3 is 26.6 Å². The van der Waals surface area contributed by atoms with Crippen LogP contribution in [-0.4, -0.2) is 61.4 Å². The van der Waals surface area contributed by atoms with Crippen LogP contribution in [0.3, 0.4) is 0 Å². The van der Waals surface area contributed by atoms with Crippen LogP contribution in [0.1, 0.15) is 45.2 Å². The molecule has 9 heteroatoms. The zero-order valence-electron chi connectivity index (χ0n) is 23.5. The molecule has 0 bridgehead atoms. The topological polar surface area (TPSA) is 128 Å². The fourth-order valence-corrected chi connectivity index (χ4v) is 3.83. The van der Waals surface area contributed by atoms with Gasteiger partial charge in [-0.05, 0) is 11.1 Å². The molecule has 0 aliphatic heterocycles. The molecule has 4 amide bonds. The van der Waals surface area contributed by atoms with Crippen molar-refractivity contribution in [2.75, 3.05) is 19.6 Å². The quantitative estimate of drug-likeness (QED) is 0.208. The van der Waals surface area contributed by atoms with Crippen molar-refractivity contribution in [2.45, 2.75) is 65.1 Å². The van der Waals surface area contributed by atoms with E-state index in [0.717, 1.165) is 11.1 Å². The van der Waals surface area contributed by atoms with E-state index in [9.17, 15) is 19.2 Å². The second-order valence-electron chi connectivity index (χ2n) is 10.2. The van der Waals surface area contributed by atoms with Crippen LogP contribution in [0.4, 0.5) is 0 Å². The molecule has 0 heterocycles. The molecule has 0 fully saturated rings. The molecule has 2 aromatic carbocycles. The lowest BCUT2D eigenvalue weighted by molar-refractivity contribution is -0.132. The number of amides is 4. The lowest BCUT2D eigenvalue weighted by atomic mass is 10.0. The summed E-state index contributed by atoms with van der Waals surface area (Å²) in [5.74, 6) is -1.43. The number of carbonyl (C=O) groups excluding carboxylic acids is 4. The van der Waals surface area contributed by atoms with E-state index in [0.29, 0.717) is 25.6 Å². The third-order valence-corrected chi connectivity index (χ3v) is 6.00. The molecule has 0 aromatic heterocycles. The summed E-state index contributed by atoms with van der Waals surface area (Å²) in [6, 6.07) is 17.4. The van der Waals surface area contributed by atoms with Crippen LogP contribution in [0.5, 0.6) is 0 Å². The highest BCUT2D eigenvalue weighted by molar-refractivity contribution is 5.92. The molecule has 2 atom stereocenters. The van der Waals surface area contributed by atoms with Gasteiger partial charge in [0.15, 0.2) is 0 Å². The van der Waals surface area contributed by atoms with Crippen LogP contribution >= 0.6 is 0 Å². The number of nitrogens with one attached hydrogen (secondary N) is 5. The first-order chi connectivity index (χ1) is 18.7. The van der Waals surface area contributed by atoms with Gasteiger partial charge in [-0.25, -0.2) is 0 Å². The van der Waals surface area contributed by atoms with Gasteiger partial charge in [0.1, 0.15) is 12.1 Å². The molecule has 0 saturated carbocycles. The smallest absolute Gasteiger partial charge is 0.243 e. The van der Waals surface area contributed by atoms with E-state index in [-0.39, 0.29) is 43.0 Å². The van der Waals surface area contributed by atoms with E-state index in [1.54, 1.807) is 13.8 Å². The number of carbonyl (C=O) groups is 4. The Morgan fingerprint density at radius 2 is 1.13 bits per heavy atom. The predicted molar refractivity (Wildman–Crippen MR) is 153 cm³/mol. The molecular weight excluding hydrogens is 494 g/mol. The maximum absolute atomic E-state index is 13.5. The summed E-state index contributed by atoms with van der Waals surface area (Å²) in [4.78, 5) is 51.1. The normalized spacial score (nSPS) is 12.5. The van der Waals surface area contributed by atoms with Crippen LogP contribution in [-0.2, 0) is 32.0 Å². The maximum Gasteiger partial charge on any atom is 0.243 e. The van der Waals surface area contributed by atoms with Crippen molar-refractivity contribution in [3.63, 3.8) is 0 Å². The van der Waals surface area contributed by atoms with Crippen molar-refractivity contribution in [3.05, 3.63) is 71.8 Å². The summed E-state index contributed by atoms with van der Waals surface area (Å²) >= 11 is 0. The molecule has 0 aliphatic rings. The van der Waals surface area contributed by atoms with Crippen molar-refractivity contribution in [1.82, 2.24) is 26.6 Å². The first-order valence-electron chi connectivity index (χ1n) is 13.6. The van der Waals surface area contributed by atoms with E-state index < -0.39 is 18.0 Å². The third-order valence-electron chi connectivity index (χ3n) is 6.00. The number of rotatable bonds is 16. The van der Waals surface area contributed by atoms with Crippen molar-refractivity contribution in [3.8, 4) is 0 Å². The summed E-state index contributed by atoms with van der Waals surface area (Å²) in [7, 11) is 0. The van der Waals surface area contributed by atoms with Crippen LogP contribution < -0.4 is 26.6 Å². The largest absolute Gasteiger partial charge is 0.355 e. The maximum atomic E-state index is 13.5. The van der Waals surface area contributed by atoms with E-state index in [4.69, 9.17) is 0 Å². The highest BCUT2D eigenvalue weighted by atomic mass is 16.2. The van der Waals surface area contributed by atoms with Gasteiger partial charge in [0, 0.05) is 50.9 Å². The Balaban J connectivity index is 2.12. The average Bonchev–Trinajstić information content (AvgIpc) is 2.91. The molecule has 0 spiro atoms. The fourth-order valence-electron chi connectivity index (χ4n) is 3.83. The van der Waals surface area contributed by atoms with E-state index >= 15 is 0 Å². The van der Waals surface area contributed by atoms with Crippen molar-refractivity contribution < 1.29 is 19.2 Å². The summed E-state index contributed by atoms with van der Waals surface area (Å²) in [6.07, 6.45) is 0.603. The lowest BCUT2D eigenvalue weighted by Crippen LogP contribution is -2.55. The van der Waals surface area contributed by atoms with Gasteiger partial charge in [0.25, 0.3) is 0 Å². The highest BCUT2D eigenvalue weighted by Gasteiger charge is 2.27. The average molecular weight is 538 g/mol. The molecule has 5 N–H and O–H groups in total. The summed E-state index contributed by atoms with van der Waals surface area (Å²) in [5, 5.41) is 14.5. The van der Waals surface area contributed by atoms with Crippen molar-refractivity contribution >= 4 is 23.6 Å². The van der Waals surface area contributed by atoms with Crippen LogP contribution in [0.2, 0.25) is 0 Å². The van der Waals surface area contributed by atoms with E-state index in [1.165, 1.54) is 0 Å². The minimum Gasteiger partial charge on any atom is -0.355 e. The van der Waals surface area contributed by atoms with Crippen LogP contribution in [0, 0.1) is 5.92 Å². The molecule has 0 saturated heterocycles. The van der Waals surface area contributed by atoms with Gasteiger partial charge in [-0.1, -0.05) is 88.4 Å². The van der Waals surface area contributed by atoms with Gasteiger partial charge >= 0.3 is 0 Å². The Kier molecular flexibility index (Phi) is 13.7. The molecule has 2 rings (SSSR count). The van der Waals surface area contributed by atoms with Crippen molar-refractivity contribution in [2.24, 2.45) is 5.92 Å². The number of benzene rings is 2. The Morgan fingerprint density at radius 3 is 1.64 bits per heavy atom. The standard InChI is InChI=1S/C30H43N5O4/c1-21(2)28(37)32-16-15-27(36)34-26(20-24-13-9-6-10-14-24)30(39)35-25(19-23-11-7-5-8-12-23)29(38)33-18-17-31-22(3)4/h5-14,21-22,25-26,31H,15-20H2,1-4H3,(H,32,37)(H,33,38)(H,34,36)(H,35,39)/t25-,26-/m0/s1. The fraction of sp³-hybridized carbons (Fsp3) is 0.467. The Hall–Kier alpha value is -3.72. The van der Waals surface area contributed by atoms with Gasteiger partial charge in [-0.15, -0.1) is 0 Å². The summed E-state index contributed by atoms with van der Waals surface area (Å²) < 4.78 is 0. The molecule has 39 heavy (non-hydrogen) atoms. The number of hydrogen-bond acceptors (Lipinski definition) is 5. The Bertz CT molecular complexity index is 1040. The predicted octanol–water partition coefficient (Wildman–Crippen LogP) is 1.72. The highest BCUT2D eigenvalue weighted by Crippen LogP contribution is 2.07. The SMILES string of the molecule is CC(C)NCCNC(=O)[C@H](Cc1ccccc1)NC(=O)[C@H](Cc1ccccc1)NC(=O)CCNC(=O)C(C)C. The number of hydrogen-bond donors (Lipinski definition) is 5. The Labute approximate surface area is 231 Å². The zero-order valence-corrected chi connectivity index (χ0v) is 23.5. The molecule has 212 valence electrons. The summed E-state index contributed by atoms with van der Waals surface area (Å²) in [5.41, 5.74) is 1.78. The van der Waals surface area contributed by atoms with Gasteiger partial charge in [-0.3, -0.25) is 19.2 Å². The first kappa shape index (κ1) is 31.5. The summed E-state index contributed by atoms with van der Waals surface area (Å²) in [6.45, 7) is 8.81. The monoisotopic (exact) mass is 537 g/mol. The molecular formula is C30H43N5O4. The van der Waals surface area contributed by atoms with Gasteiger partial charge in [0.2, 0.25) is 23.6 Å². The van der Waals surface area contributed by atoms with Gasteiger partial charge in [-0.2, -0.15) is 0 Å². The second-order valence-corrected chi connectivity index (χ2v) is 10.2. The lowest BCUT2D eigenvalue weighted by Gasteiger charge is -2.24. The van der Waals surface area contributed by atoms with Crippen LogP contribution in [0.15, 0.2) is 60.7 Å². The third kappa shape index (κ3) is 12.6. The van der Waals surface area contributed by atoms with E-state index in [2.05, 4.69) is 26.6 Å². The molecule has 2 aromatic rings. The minimum absolute atomic E-state index is 0.0355. The zero-order chi connectivity index (χ0) is 28.6. The van der Waals surface area contributed by atoms with Crippen molar-refractivity contribution in [1.29, 1.82) is 0 Å². The molecule has 0 unspecified atom stereocenters. The Morgan fingerprint density at radius 1 is 0.615 bits per heavy atom. The van der Waals surface area contributed by atoms with E-state index in [1.807, 2.05) is 74.5 Å². The van der Waals surface area contributed by atoms with Gasteiger partial charge in [0.05, 0.1) is 0 Å². The molecule has 0 aliphatic carbocycles. The first-order valence-corrected chi connectivity index (χ1v) is 13.6. The molecule has 9 nitrogen and oxygen atoms in total. The van der Waals surface area contributed by atoms with Crippen LogP contribution in [0.25, 0.3) is 0 Å². The molecule has 0 radical (unpaired) electrons. The minimum atomic E-state index is -0.894.